The van der Waals surface area contributed by atoms with Crippen LogP contribution in [0, 0.1) is 5.92 Å². The van der Waals surface area contributed by atoms with Crippen molar-refractivity contribution < 1.29 is 8.42 Å². The van der Waals surface area contributed by atoms with Crippen LogP contribution >= 0.6 is 0 Å². The predicted octanol–water partition coefficient (Wildman–Crippen LogP) is 2.34. The van der Waals surface area contributed by atoms with Crippen LogP contribution in [0.3, 0.4) is 0 Å². The molecule has 1 atom stereocenters. The minimum Gasteiger partial charge on any atom is -0.381 e. The van der Waals surface area contributed by atoms with E-state index in [1.165, 1.54) is 0 Å². The second-order valence-electron chi connectivity index (χ2n) is 5.77. The summed E-state index contributed by atoms with van der Waals surface area (Å²) in [6.45, 7) is 6.46. The highest BCUT2D eigenvalue weighted by atomic mass is 32.2. The fourth-order valence-corrected chi connectivity index (χ4v) is 3.30. The second-order valence-corrected chi connectivity index (χ2v) is 7.27. The first-order valence-electron chi connectivity index (χ1n) is 7.03. The van der Waals surface area contributed by atoms with Crippen LogP contribution in [0.5, 0.6) is 0 Å². The van der Waals surface area contributed by atoms with E-state index in [2.05, 4.69) is 21.7 Å². The van der Waals surface area contributed by atoms with Crippen molar-refractivity contribution in [3.8, 4) is 0 Å². The molecule has 0 radical (unpaired) electrons. The largest absolute Gasteiger partial charge is 0.381 e. The molecule has 0 aromatic heterocycles. The van der Waals surface area contributed by atoms with E-state index in [1.54, 1.807) is 6.07 Å². The first-order valence-corrected chi connectivity index (χ1v) is 8.51. The zero-order valence-electron chi connectivity index (χ0n) is 12.2. The van der Waals surface area contributed by atoms with Gasteiger partial charge in [0.05, 0.1) is 11.4 Å². The molecule has 0 bridgehead atoms. The van der Waals surface area contributed by atoms with E-state index in [0.717, 1.165) is 24.1 Å². The molecule has 0 aliphatic carbocycles. The van der Waals surface area contributed by atoms with Crippen LogP contribution in [0.25, 0.3) is 0 Å². The summed E-state index contributed by atoms with van der Waals surface area (Å²) in [5.41, 5.74) is 2.68. The van der Waals surface area contributed by atoms with Gasteiger partial charge in [-0.25, -0.2) is 0 Å². The Hall–Kier alpha value is -1.27. The molecular formula is C14H23N3O2S. The minimum absolute atomic E-state index is 0.273. The van der Waals surface area contributed by atoms with Gasteiger partial charge < -0.3 is 5.32 Å². The van der Waals surface area contributed by atoms with Gasteiger partial charge in [0.15, 0.2) is 0 Å². The van der Waals surface area contributed by atoms with Crippen LogP contribution < -0.4 is 14.8 Å². The van der Waals surface area contributed by atoms with Crippen molar-refractivity contribution in [1.29, 1.82) is 0 Å². The Morgan fingerprint density at radius 2 is 2.15 bits per heavy atom. The number of nitrogens with one attached hydrogen (secondary N) is 3. The summed E-state index contributed by atoms with van der Waals surface area (Å²) < 4.78 is 29.2. The number of hydrogen-bond donors (Lipinski definition) is 3. The SMILES string of the molecule is CC(C)CNS(=O)(=O)Nc1cccc2c1NC(C)CC2. The molecule has 1 aromatic carbocycles. The standard InChI is InChI=1S/C14H23N3O2S/c1-10(2)9-15-20(18,19)17-13-6-4-5-12-8-7-11(3)16-14(12)13/h4-6,10-11,15-17H,7-9H2,1-3H3. The van der Waals surface area contributed by atoms with Crippen molar-refractivity contribution in [2.75, 3.05) is 16.6 Å². The molecule has 0 fully saturated rings. The smallest absolute Gasteiger partial charge is 0.299 e. The van der Waals surface area contributed by atoms with Crippen molar-refractivity contribution in [2.24, 2.45) is 5.92 Å². The molecule has 1 aliphatic rings. The van der Waals surface area contributed by atoms with E-state index in [9.17, 15) is 8.42 Å². The van der Waals surface area contributed by atoms with Gasteiger partial charge in [0.2, 0.25) is 0 Å². The van der Waals surface area contributed by atoms with E-state index in [0.29, 0.717) is 18.3 Å². The average Bonchev–Trinajstić information content (AvgIpc) is 2.37. The molecule has 1 heterocycles. The molecule has 1 unspecified atom stereocenters. The Balaban J connectivity index is 2.18. The van der Waals surface area contributed by atoms with Gasteiger partial charge in [-0.3, -0.25) is 4.72 Å². The number of hydrogen-bond acceptors (Lipinski definition) is 3. The van der Waals surface area contributed by atoms with Crippen LogP contribution in [0.4, 0.5) is 11.4 Å². The molecule has 0 saturated carbocycles. The highest BCUT2D eigenvalue weighted by molar-refractivity contribution is 7.90. The van der Waals surface area contributed by atoms with Gasteiger partial charge >= 0.3 is 0 Å². The molecule has 20 heavy (non-hydrogen) atoms. The Kier molecular flexibility index (Phi) is 4.55. The van der Waals surface area contributed by atoms with E-state index in [4.69, 9.17) is 0 Å². The summed E-state index contributed by atoms with van der Waals surface area (Å²) in [7, 11) is -3.52. The van der Waals surface area contributed by atoms with Gasteiger partial charge in [0.25, 0.3) is 10.2 Å². The zero-order valence-corrected chi connectivity index (χ0v) is 13.0. The Morgan fingerprint density at radius 1 is 1.40 bits per heavy atom. The lowest BCUT2D eigenvalue weighted by molar-refractivity contribution is 0.565. The Morgan fingerprint density at radius 3 is 2.85 bits per heavy atom. The third-order valence-electron chi connectivity index (χ3n) is 3.31. The quantitative estimate of drug-likeness (QED) is 0.781. The maximum Gasteiger partial charge on any atom is 0.299 e. The lowest BCUT2D eigenvalue weighted by Gasteiger charge is -2.26. The lowest BCUT2D eigenvalue weighted by atomic mass is 9.98. The monoisotopic (exact) mass is 297 g/mol. The topological polar surface area (TPSA) is 70.2 Å². The van der Waals surface area contributed by atoms with Crippen LogP contribution in [0.15, 0.2) is 18.2 Å². The van der Waals surface area contributed by atoms with Crippen molar-refractivity contribution in [3.05, 3.63) is 23.8 Å². The fraction of sp³-hybridized carbons (Fsp3) is 0.571. The van der Waals surface area contributed by atoms with Gasteiger partial charge in [-0.15, -0.1) is 0 Å². The summed E-state index contributed by atoms with van der Waals surface area (Å²) >= 11 is 0. The van der Waals surface area contributed by atoms with E-state index >= 15 is 0 Å². The molecule has 6 heteroatoms. The Bertz CT molecular complexity index is 570. The highest BCUT2D eigenvalue weighted by Crippen LogP contribution is 2.32. The van der Waals surface area contributed by atoms with E-state index in [1.807, 2.05) is 26.0 Å². The number of anilines is 2. The lowest BCUT2D eigenvalue weighted by Crippen LogP contribution is -2.33. The van der Waals surface area contributed by atoms with Crippen molar-refractivity contribution in [3.63, 3.8) is 0 Å². The maximum absolute atomic E-state index is 12.0. The Labute approximate surface area is 121 Å². The van der Waals surface area contributed by atoms with Crippen molar-refractivity contribution in [1.82, 2.24) is 4.72 Å². The van der Waals surface area contributed by atoms with Gasteiger partial charge in [0.1, 0.15) is 0 Å². The number of fused-ring (bicyclic) bond motifs is 1. The van der Waals surface area contributed by atoms with Crippen molar-refractivity contribution >= 4 is 21.6 Å². The minimum atomic E-state index is -3.52. The molecule has 5 nitrogen and oxygen atoms in total. The molecule has 0 saturated heterocycles. The van der Waals surface area contributed by atoms with Crippen LogP contribution in [-0.2, 0) is 16.6 Å². The first-order chi connectivity index (χ1) is 9.37. The molecule has 2 rings (SSSR count). The molecule has 0 spiro atoms. The third kappa shape index (κ3) is 3.86. The number of para-hydroxylation sites is 1. The fourth-order valence-electron chi connectivity index (χ4n) is 2.21. The summed E-state index contributed by atoms with van der Waals surface area (Å²) in [5.74, 6) is 0.273. The first kappa shape index (κ1) is 15.1. The maximum atomic E-state index is 12.0. The third-order valence-corrected chi connectivity index (χ3v) is 4.35. The van der Waals surface area contributed by atoms with Crippen LogP contribution in [0.1, 0.15) is 32.8 Å². The molecule has 1 aromatic rings. The number of rotatable bonds is 5. The zero-order chi connectivity index (χ0) is 14.8. The number of benzene rings is 1. The normalized spacial score (nSPS) is 18.5. The van der Waals surface area contributed by atoms with Crippen molar-refractivity contribution in [2.45, 2.75) is 39.7 Å². The second kappa shape index (κ2) is 6.01. The molecule has 112 valence electrons. The summed E-state index contributed by atoms with van der Waals surface area (Å²) in [6.07, 6.45) is 2.04. The molecule has 1 aliphatic heterocycles. The van der Waals surface area contributed by atoms with Crippen LogP contribution in [0.2, 0.25) is 0 Å². The van der Waals surface area contributed by atoms with Gasteiger partial charge in [-0.2, -0.15) is 13.1 Å². The van der Waals surface area contributed by atoms with Gasteiger partial charge in [-0.1, -0.05) is 26.0 Å². The van der Waals surface area contributed by atoms with Crippen LogP contribution in [-0.4, -0.2) is 21.0 Å². The highest BCUT2D eigenvalue weighted by Gasteiger charge is 2.19. The predicted molar refractivity (Wildman–Crippen MR) is 83.2 cm³/mol. The molecular weight excluding hydrogens is 274 g/mol. The summed E-state index contributed by atoms with van der Waals surface area (Å²) in [6, 6.07) is 6.07. The van der Waals surface area contributed by atoms with E-state index < -0.39 is 10.2 Å². The summed E-state index contributed by atoms with van der Waals surface area (Å²) in [5, 5.41) is 3.36. The molecule has 0 amide bonds. The van der Waals surface area contributed by atoms with E-state index in [-0.39, 0.29) is 5.92 Å². The molecule has 3 N–H and O–H groups in total. The summed E-state index contributed by atoms with van der Waals surface area (Å²) in [4.78, 5) is 0. The average molecular weight is 297 g/mol. The van der Waals surface area contributed by atoms with Gasteiger partial charge in [-0.05, 0) is 37.3 Å². The number of aryl methyl sites for hydroxylation is 1. The van der Waals surface area contributed by atoms with Gasteiger partial charge in [0, 0.05) is 12.6 Å².